The van der Waals surface area contributed by atoms with Crippen molar-refractivity contribution in [1.29, 1.82) is 0 Å². The first kappa shape index (κ1) is 18.1. The molecule has 0 aliphatic carbocycles. The number of nitro groups is 1. The Morgan fingerprint density at radius 1 is 1.00 bits per heavy atom. The van der Waals surface area contributed by atoms with E-state index < -0.39 is 10.8 Å². The van der Waals surface area contributed by atoms with Gasteiger partial charge in [0, 0.05) is 6.07 Å². The van der Waals surface area contributed by atoms with Crippen molar-refractivity contribution < 1.29 is 14.1 Å². The van der Waals surface area contributed by atoms with Crippen molar-refractivity contribution in [3.05, 3.63) is 82.6 Å². The number of benzene rings is 2. The number of thiocarbonyl (C=S) groups is 1. The lowest BCUT2D eigenvalue weighted by atomic mass is 10.1. The van der Waals surface area contributed by atoms with E-state index in [4.69, 9.17) is 16.6 Å². The van der Waals surface area contributed by atoms with Gasteiger partial charge in [-0.2, -0.15) is 0 Å². The summed E-state index contributed by atoms with van der Waals surface area (Å²) in [4.78, 5) is 22.9. The molecule has 3 rings (SSSR count). The van der Waals surface area contributed by atoms with Crippen molar-refractivity contribution in [1.82, 2.24) is 10.7 Å². The van der Waals surface area contributed by atoms with Gasteiger partial charge >= 0.3 is 0 Å². The Kier molecular flexibility index (Phi) is 5.43. The lowest BCUT2D eigenvalue weighted by Gasteiger charge is -2.10. The molecule has 9 heteroatoms. The van der Waals surface area contributed by atoms with E-state index in [-0.39, 0.29) is 27.9 Å². The molecule has 8 nitrogen and oxygen atoms in total. The largest absolute Gasteiger partial charge is 0.451 e. The summed E-state index contributed by atoms with van der Waals surface area (Å²) >= 11 is 5.05. The molecule has 0 saturated carbocycles. The SMILES string of the molecule is O=C(NC(=S)NNc1ccccc1)c1ccc(-c2ccccc2[N+](=O)[O-])o1. The summed E-state index contributed by atoms with van der Waals surface area (Å²) in [7, 11) is 0. The second-order valence-corrected chi connectivity index (χ2v) is 5.75. The molecule has 27 heavy (non-hydrogen) atoms. The fourth-order valence-corrected chi connectivity index (χ4v) is 2.44. The Morgan fingerprint density at radius 3 is 2.44 bits per heavy atom. The zero-order valence-electron chi connectivity index (χ0n) is 13.8. The van der Waals surface area contributed by atoms with Crippen molar-refractivity contribution in [2.75, 3.05) is 5.43 Å². The lowest BCUT2D eigenvalue weighted by molar-refractivity contribution is -0.384. The maximum absolute atomic E-state index is 12.2. The fraction of sp³-hybridized carbons (Fsp3) is 0. The number of furan rings is 1. The highest BCUT2D eigenvalue weighted by atomic mass is 32.1. The van der Waals surface area contributed by atoms with Crippen LogP contribution in [-0.4, -0.2) is 15.9 Å². The van der Waals surface area contributed by atoms with Gasteiger partial charge in [0.05, 0.1) is 16.2 Å². The van der Waals surface area contributed by atoms with Gasteiger partial charge in [0.2, 0.25) is 0 Å². The zero-order valence-corrected chi connectivity index (χ0v) is 14.7. The first-order valence-electron chi connectivity index (χ1n) is 7.80. The first-order valence-corrected chi connectivity index (χ1v) is 8.21. The molecule has 0 spiro atoms. The van der Waals surface area contributed by atoms with E-state index >= 15 is 0 Å². The predicted molar refractivity (Wildman–Crippen MR) is 104 cm³/mol. The molecule has 0 bridgehead atoms. The molecule has 3 aromatic rings. The zero-order chi connectivity index (χ0) is 19.2. The van der Waals surface area contributed by atoms with Gasteiger partial charge in [-0.3, -0.25) is 31.1 Å². The van der Waals surface area contributed by atoms with Gasteiger partial charge in [0.25, 0.3) is 11.6 Å². The quantitative estimate of drug-likeness (QED) is 0.352. The number of anilines is 1. The Labute approximate surface area is 159 Å². The molecule has 0 fully saturated rings. The molecule has 0 radical (unpaired) electrons. The minimum atomic E-state index is -0.577. The van der Waals surface area contributed by atoms with Gasteiger partial charge in [0.15, 0.2) is 10.9 Å². The molecular weight excluding hydrogens is 368 g/mol. The molecular formula is C18H14N4O4S. The number of nitro benzene ring substituents is 1. The van der Waals surface area contributed by atoms with E-state index in [0.717, 1.165) is 5.69 Å². The molecule has 0 atom stereocenters. The van der Waals surface area contributed by atoms with Crippen molar-refractivity contribution in [2.45, 2.75) is 0 Å². The van der Waals surface area contributed by atoms with Gasteiger partial charge in [-0.1, -0.05) is 30.3 Å². The monoisotopic (exact) mass is 382 g/mol. The number of nitrogens with one attached hydrogen (secondary N) is 3. The van der Waals surface area contributed by atoms with Crippen LogP contribution in [0.3, 0.4) is 0 Å². The maximum atomic E-state index is 12.2. The van der Waals surface area contributed by atoms with Crippen LogP contribution in [0.4, 0.5) is 11.4 Å². The molecule has 0 aliphatic rings. The van der Waals surface area contributed by atoms with Gasteiger partial charge in [-0.15, -0.1) is 0 Å². The molecule has 3 N–H and O–H groups in total. The van der Waals surface area contributed by atoms with Crippen LogP contribution in [0.2, 0.25) is 0 Å². The van der Waals surface area contributed by atoms with Crippen LogP contribution in [-0.2, 0) is 0 Å². The topological polar surface area (TPSA) is 109 Å². The van der Waals surface area contributed by atoms with Crippen molar-refractivity contribution in [3.8, 4) is 11.3 Å². The van der Waals surface area contributed by atoms with Crippen LogP contribution in [0.25, 0.3) is 11.3 Å². The number of hydrazine groups is 1. The predicted octanol–water partition coefficient (Wildman–Crippen LogP) is 3.49. The van der Waals surface area contributed by atoms with E-state index in [1.54, 1.807) is 18.2 Å². The average molecular weight is 382 g/mol. The standard InChI is InChI=1S/C18H14N4O4S/c23-17(19-18(27)21-20-12-6-2-1-3-7-12)16-11-10-15(26-16)13-8-4-5-9-14(13)22(24)25/h1-11,20H,(H2,19,21,23,27). The third-order valence-corrected chi connectivity index (χ3v) is 3.72. The number of hydrogen-bond acceptors (Lipinski definition) is 6. The molecule has 0 aliphatic heterocycles. The van der Waals surface area contributed by atoms with Crippen LogP contribution in [0.15, 0.2) is 71.1 Å². The van der Waals surface area contributed by atoms with E-state index in [1.165, 1.54) is 18.2 Å². The van der Waals surface area contributed by atoms with Gasteiger partial charge in [-0.05, 0) is 42.5 Å². The van der Waals surface area contributed by atoms with Gasteiger partial charge in [-0.25, -0.2) is 0 Å². The number of hydrogen-bond donors (Lipinski definition) is 3. The van der Waals surface area contributed by atoms with Crippen molar-refractivity contribution in [2.24, 2.45) is 0 Å². The van der Waals surface area contributed by atoms with Crippen molar-refractivity contribution in [3.63, 3.8) is 0 Å². The number of rotatable bonds is 5. The number of para-hydroxylation sites is 2. The highest BCUT2D eigenvalue weighted by molar-refractivity contribution is 7.80. The van der Waals surface area contributed by atoms with Crippen LogP contribution < -0.4 is 16.2 Å². The first-order chi connectivity index (χ1) is 13.0. The normalized spacial score (nSPS) is 10.1. The van der Waals surface area contributed by atoms with Crippen LogP contribution in [0, 0.1) is 10.1 Å². The van der Waals surface area contributed by atoms with Gasteiger partial charge in [0.1, 0.15) is 5.76 Å². The summed E-state index contributed by atoms with van der Waals surface area (Å²) in [6.07, 6.45) is 0. The maximum Gasteiger partial charge on any atom is 0.293 e. The second-order valence-electron chi connectivity index (χ2n) is 5.34. The molecule has 0 saturated heterocycles. The molecule has 0 unspecified atom stereocenters. The number of amides is 1. The molecule has 136 valence electrons. The van der Waals surface area contributed by atoms with Crippen LogP contribution in [0.5, 0.6) is 0 Å². The smallest absolute Gasteiger partial charge is 0.293 e. The second kappa shape index (κ2) is 8.11. The van der Waals surface area contributed by atoms with Gasteiger partial charge < -0.3 is 4.42 Å². The Bertz CT molecular complexity index is 988. The number of carbonyl (C=O) groups excluding carboxylic acids is 1. The summed E-state index contributed by atoms with van der Waals surface area (Å²) in [5.41, 5.74) is 6.47. The minimum absolute atomic E-state index is 0.0213. The Balaban J connectivity index is 1.65. The highest BCUT2D eigenvalue weighted by Crippen LogP contribution is 2.30. The van der Waals surface area contributed by atoms with E-state index in [2.05, 4.69) is 16.2 Å². The molecule has 2 aromatic carbocycles. The molecule has 1 amide bonds. The van der Waals surface area contributed by atoms with E-state index in [1.807, 2.05) is 30.3 Å². The summed E-state index contributed by atoms with van der Waals surface area (Å²) in [5.74, 6) is -0.382. The Morgan fingerprint density at radius 2 is 1.70 bits per heavy atom. The minimum Gasteiger partial charge on any atom is -0.451 e. The van der Waals surface area contributed by atoms with Crippen LogP contribution in [0.1, 0.15) is 10.6 Å². The summed E-state index contributed by atoms with van der Waals surface area (Å²) in [5, 5.41) is 13.6. The highest BCUT2D eigenvalue weighted by Gasteiger charge is 2.19. The molecule has 1 aromatic heterocycles. The van der Waals surface area contributed by atoms with Crippen molar-refractivity contribution >= 4 is 34.6 Å². The summed E-state index contributed by atoms with van der Waals surface area (Å²) in [6, 6.07) is 18.3. The van der Waals surface area contributed by atoms with E-state index in [9.17, 15) is 14.9 Å². The number of nitrogens with zero attached hydrogens (tertiary/aromatic N) is 1. The lowest BCUT2D eigenvalue weighted by Crippen LogP contribution is -2.41. The fourth-order valence-electron chi connectivity index (χ4n) is 2.29. The average Bonchev–Trinajstić information content (AvgIpc) is 3.17. The third kappa shape index (κ3) is 4.47. The van der Waals surface area contributed by atoms with E-state index in [0.29, 0.717) is 0 Å². The third-order valence-electron chi connectivity index (χ3n) is 3.52. The number of carbonyl (C=O) groups is 1. The molecule has 1 heterocycles. The summed E-state index contributed by atoms with van der Waals surface area (Å²) < 4.78 is 5.46. The Hall–Kier alpha value is -3.72. The van der Waals surface area contributed by atoms with Crippen LogP contribution >= 0.6 is 12.2 Å². The summed E-state index contributed by atoms with van der Waals surface area (Å²) in [6.45, 7) is 0.